The van der Waals surface area contributed by atoms with E-state index in [2.05, 4.69) is 18.7 Å². The summed E-state index contributed by atoms with van der Waals surface area (Å²) in [5.41, 5.74) is -1.32. The summed E-state index contributed by atoms with van der Waals surface area (Å²) < 4.78 is 5.56. The highest BCUT2D eigenvalue weighted by Gasteiger charge is 2.77. The predicted octanol–water partition coefficient (Wildman–Crippen LogP) is 2.07. The molecule has 5 aliphatic rings. The third-order valence-electron chi connectivity index (χ3n) is 10.2. The van der Waals surface area contributed by atoms with Crippen LogP contribution >= 0.6 is 0 Å². The van der Waals surface area contributed by atoms with Gasteiger partial charge in [-0.1, -0.05) is 19.9 Å². The van der Waals surface area contributed by atoms with E-state index in [-0.39, 0.29) is 30.4 Å². The van der Waals surface area contributed by atoms with E-state index in [1.54, 1.807) is 13.2 Å². The summed E-state index contributed by atoms with van der Waals surface area (Å²) in [6, 6.07) is 4.12. The van der Waals surface area contributed by atoms with Gasteiger partial charge in [-0.3, -0.25) is 14.5 Å². The lowest BCUT2D eigenvalue weighted by molar-refractivity contribution is -1.09. The molecule has 1 spiro atoms. The molecule has 1 saturated carbocycles. The number of amides is 1. The molecule has 34 heavy (non-hydrogen) atoms. The van der Waals surface area contributed by atoms with E-state index < -0.39 is 27.1 Å². The summed E-state index contributed by atoms with van der Waals surface area (Å²) in [5, 5.41) is 23.0. The first-order valence-corrected chi connectivity index (χ1v) is 12.5. The first-order valence-electron chi connectivity index (χ1n) is 12.5. The summed E-state index contributed by atoms with van der Waals surface area (Å²) in [6.45, 7) is 9.51. The Morgan fingerprint density at radius 3 is 2.62 bits per heavy atom. The summed E-state index contributed by atoms with van der Waals surface area (Å²) in [6.07, 6.45) is 3.48. The minimum Gasteiger partial charge on any atom is -0.600 e. The molecule has 2 saturated heterocycles. The number of ketones is 1. The van der Waals surface area contributed by atoms with Crippen LogP contribution in [0.15, 0.2) is 12.1 Å². The molecule has 8 heteroatoms. The topological polar surface area (TPSA) is 97.6 Å². The molecule has 0 aromatic heterocycles. The van der Waals surface area contributed by atoms with Crippen LogP contribution in [-0.4, -0.2) is 59.1 Å². The van der Waals surface area contributed by atoms with Crippen molar-refractivity contribution >= 4 is 17.4 Å². The molecule has 1 unspecified atom stereocenters. The van der Waals surface area contributed by atoms with Crippen molar-refractivity contribution < 1.29 is 24.8 Å². The highest BCUT2D eigenvalue weighted by Crippen LogP contribution is 2.69. The van der Waals surface area contributed by atoms with Crippen molar-refractivity contribution in [1.29, 1.82) is 0 Å². The largest absolute Gasteiger partial charge is 0.600 e. The number of quaternary nitrogens is 1. The number of rotatable bonds is 2. The minimum absolute atomic E-state index is 0.0263. The molecule has 1 aliphatic carbocycles. The van der Waals surface area contributed by atoms with E-state index >= 15 is 0 Å². The Kier molecular flexibility index (Phi) is 4.36. The van der Waals surface area contributed by atoms with Crippen molar-refractivity contribution in [3.63, 3.8) is 0 Å². The maximum Gasteiger partial charge on any atom is 0.239 e. The van der Waals surface area contributed by atoms with Crippen LogP contribution in [0, 0.1) is 16.5 Å². The van der Waals surface area contributed by atoms with Crippen molar-refractivity contribution in [2.75, 3.05) is 25.1 Å². The summed E-state index contributed by atoms with van der Waals surface area (Å²) in [7, 11) is 1.54. The van der Waals surface area contributed by atoms with Crippen molar-refractivity contribution in [2.45, 2.75) is 82.3 Å². The molecule has 1 aromatic rings. The van der Waals surface area contributed by atoms with Gasteiger partial charge in [-0.05, 0) is 56.7 Å². The fraction of sp³-hybridized carbons (Fsp3) is 0.692. The van der Waals surface area contributed by atoms with Gasteiger partial charge < -0.3 is 14.8 Å². The van der Waals surface area contributed by atoms with Gasteiger partial charge in [0.1, 0.15) is 11.3 Å². The van der Waals surface area contributed by atoms with Crippen LogP contribution in [0.5, 0.6) is 5.75 Å². The second-order valence-corrected chi connectivity index (χ2v) is 12.4. The number of carbonyl (C=O) groups is 2. The molecule has 0 radical (unpaired) electrons. The van der Waals surface area contributed by atoms with Gasteiger partial charge >= 0.3 is 0 Å². The third kappa shape index (κ3) is 2.33. The number of nitrogens with one attached hydrogen (secondary N) is 1. The number of nitrogens with zero attached hydrogens (tertiary/aromatic N) is 2. The Bertz CT molecular complexity index is 1110. The lowest BCUT2D eigenvalue weighted by Gasteiger charge is -2.50. The van der Waals surface area contributed by atoms with Gasteiger partial charge in [-0.15, -0.1) is 0 Å². The average Bonchev–Trinajstić information content (AvgIpc) is 3.37. The van der Waals surface area contributed by atoms with E-state index in [4.69, 9.17) is 4.74 Å². The molecule has 1 amide bonds. The summed E-state index contributed by atoms with van der Waals surface area (Å²) >= 11 is 0. The molecule has 8 nitrogen and oxygen atoms in total. The van der Waals surface area contributed by atoms with Crippen molar-refractivity contribution in [3.8, 4) is 5.75 Å². The first kappa shape index (κ1) is 22.5. The number of fused-ring (bicyclic) bond motifs is 3. The summed E-state index contributed by atoms with van der Waals surface area (Å²) in [5.74, 6) is 0.283. The molecule has 4 aliphatic heterocycles. The zero-order chi connectivity index (χ0) is 24.4. The van der Waals surface area contributed by atoms with Crippen LogP contribution in [-0.2, 0) is 10.2 Å². The molecule has 3 fully saturated rings. The zero-order valence-corrected chi connectivity index (χ0v) is 20.7. The fourth-order valence-corrected chi connectivity index (χ4v) is 8.72. The van der Waals surface area contributed by atoms with Gasteiger partial charge in [0.15, 0.2) is 5.78 Å². The molecular weight excluding hydrogens is 434 g/mol. The lowest BCUT2D eigenvalue weighted by Crippen LogP contribution is -3.16. The number of benzene rings is 1. The summed E-state index contributed by atoms with van der Waals surface area (Å²) in [4.78, 5) is 32.1. The molecule has 1 aromatic carbocycles. The molecule has 184 valence electrons. The van der Waals surface area contributed by atoms with Gasteiger partial charge in [-0.2, -0.15) is 0 Å². The SMILES string of the molecule is COc1ccc2c3c1C(=O)CC(C)(C)N3C(=O)[C@@]21C[C@]2([NH+]([O-])O)CN3CCC[C@@H]3C[C@H]2C1(C)C. The number of hydroxylamine groups is 2. The Balaban J connectivity index is 1.62. The number of piperidine rings is 1. The fourth-order valence-electron chi connectivity index (χ4n) is 8.72. The van der Waals surface area contributed by atoms with Crippen molar-refractivity contribution in [3.05, 3.63) is 28.5 Å². The normalized spacial score (nSPS) is 38.1. The van der Waals surface area contributed by atoms with Crippen LogP contribution < -0.4 is 14.9 Å². The second kappa shape index (κ2) is 6.60. The number of hydrogen-bond donors (Lipinski definition) is 2. The zero-order valence-electron chi connectivity index (χ0n) is 20.7. The van der Waals surface area contributed by atoms with Gasteiger partial charge in [-0.25, -0.2) is 10.4 Å². The maximum atomic E-state index is 14.7. The third-order valence-corrected chi connectivity index (χ3v) is 10.2. The Hall–Kier alpha value is -2.00. The van der Waals surface area contributed by atoms with E-state index in [1.165, 1.54) is 0 Å². The molecule has 4 heterocycles. The monoisotopic (exact) mass is 469 g/mol. The Morgan fingerprint density at radius 1 is 1.21 bits per heavy atom. The number of ether oxygens (including phenoxy) is 1. The van der Waals surface area contributed by atoms with Gasteiger partial charge in [0.2, 0.25) is 5.91 Å². The Labute approximate surface area is 200 Å². The van der Waals surface area contributed by atoms with E-state index in [0.717, 1.165) is 31.4 Å². The first-order chi connectivity index (χ1) is 15.9. The van der Waals surface area contributed by atoms with Crippen LogP contribution in [0.3, 0.4) is 0 Å². The van der Waals surface area contributed by atoms with E-state index in [0.29, 0.717) is 29.6 Å². The molecule has 0 bridgehead atoms. The van der Waals surface area contributed by atoms with Gasteiger partial charge in [0, 0.05) is 30.3 Å². The number of anilines is 1. The molecule has 5 atom stereocenters. The number of hydrogen-bond acceptors (Lipinski definition) is 6. The molecular formula is C26H35N3O5. The van der Waals surface area contributed by atoms with Crippen molar-refractivity contribution in [2.24, 2.45) is 11.3 Å². The van der Waals surface area contributed by atoms with Crippen LogP contribution in [0.4, 0.5) is 5.69 Å². The van der Waals surface area contributed by atoms with Crippen LogP contribution in [0.1, 0.15) is 75.7 Å². The number of Topliss-reactive ketones (excluding diaryl/α,β-unsaturated/α-hetero) is 1. The second-order valence-electron chi connectivity index (χ2n) is 12.4. The number of methoxy groups -OCH3 is 1. The standard InChI is InChI=1S/C26H35N3O5/c1-23(2)12-17(30)20-18(34-5)9-8-16-21(20)28(23)22(31)26(16)13-25(29(32)33)14-27-10-6-7-15(27)11-19(25)24(26,3)4/h8-9,15,19,29,32H,6-7,10-14H2,1-5H3/t15-,19+,25+,26-/m1/s1. The van der Waals surface area contributed by atoms with Crippen LogP contribution in [0.25, 0.3) is 0 Å². The van der Waals surface area contributed by atoms with Crippen LogP contribution in [0.2, 0.25) is 0 Å². The minimum atomic E-state index is -0.992. The van der Waals surface area contributed by atoms with Gasteiger partial charge in [0.25, 0.3) is 0 Å². The smallest absolute Gasteiger partial charge is 0.239 e. The van der Waals surface area contributed by atoms with Crippen molar-refractivity contribution in [1.82, 2.24) is 4.90 Å². The van der Waals surface area contributed by atoms with E-state index in [9.17, 15) is 20.0 Å². The predicted molar refractivity (Wildman–Crippen MR) is 125 cm³/mol. The quantitative estimate of drug-likeness (QED) is 0.644. The maximum absolute atomic E-state index is 14.7. The van der Waals surface area contributed by atoms with E-state index in [1.807, 2.05) is 24.8 Å². The van der Waals surface area contributed by atoms with Gasteiger partial charge in [0.05, 0.1) is 30.3 Å². The highest BCUT2D eigenvalue weighted by molar-refractivity contribution is 6.19. The number of carbonyl (C=O) groups excluding carboxylic acids is 2. The average molecular weight is 470 g/mol. The Morgan fingerprint density at radius 2 is 1.94 bits per heavy atom. The highest BCUT2D eigenvalue weighted by atomic mass is 16.8. The molecule has 6 rings (SSSR count). The lowest BCUT2D eigenvalue weighted by atomic mass is 9.60. The molecule has 2 N–H and O–H groups in total.